The summed E-state index contributed by atoms with van der Waals surface area (Å²) in [4.78, 5) is 0. The molecule has 3 rings (SSSR count). The number of hydrogen-bond donors (Lipinski definition) is 1. The second-order valence-electron chi connectivity index (χ2n) is 7.39. The molecule has 1 unspecified atom stereocenters. The van der Waals surface area contributed by atoms with Gasteiger partial charge in [0, 0.05) is 5.56 Å². The number of rotatable bonds is 9. The van der Waals surface area contributed by atoms with Crippen molar-refractivity contribution in [3.05, 3.63) is 101 Å². The Morgan fingerprint density at radius 1 is 0.968 bits per heavy atom. The molecule has 0 aliphatic heterocycles. The van der Waals surface area contributed by atoms with E-state index in [9.17, 15) is 18.3 Å². The first-order valence-electron chi connectivity index (χ1n) is 10.2. The molecular formula is C26H25F3O2. The maximum atomic E-state index is 14.5. The van der Waals surface area contributed by atoms with Crippen LogP contribution in [0.1, 0.15) is 36.1 Å². The van der Waals surface area contributed by atoms with E-state index in [2.05, 4.69) is 6.58 Å². The average molecular weight is 426 g/mol. The normalized spacial score (nSPS) is 11.9. The van der Waals surface area contributed by atoms with E-state index >= 15 is 0 Å². The monoisotopic (exact) mass is 426 g/mol. The highest BCUT2D eigenvalue weighted by Crippen LogP contribution is 2.30. The van der Waals surface area contributed by atoms with Crippen molar-refractivity contribution in [1.29, 1.82) is 0 Å². The standard InChI is InChI=1S/C26H25F3O2/c1-3-4-15-31-24-14-13-22(25(28)26(24)29)19-8-5-18(6-9-19)7-10-20-11-12-21(17(2)30)16-23(20)27/h3,5-6,8-9,11-14,16-17,30H,1,4,7,10,15H2,2H3. The summed E-state index contributed by atoms with van der Waals surface area (Å²) in [5.74, 6) is -2.43. The first-order chi connectivity index (χ1) is 14.9. The highest BCUT2D eigenvalue weighted by Gasteiger charge is 2.16. The van der Waals surface area contributed by atoms with Gasteiger partial charge in [0.05, 0.1) is 12.7 Å². The van der Waals surface area contributed by atoms with Crippen molar-refractivity contribution < 1.29 is 23.0 Å². The molecule has 1 N–H and O–H groups in total. The highest BCUT2D eigenvalue weighted by molar-refractivity contribution is 5.65. The van der Waals surface area contributed by atoms with Gasteiger partial charge >= 0.3 is 0 Å². The Hall–Kier alpha value is -3.05. The van der Waals surface area contributed by atoms with E-state index in [4.69, 9.17) is 4.74 Å². The smallest absolute Gasteiger partial charge is 0.201 e. The maximum Gasteiger partial charge on any atom is 0.201 e. The average Bonchev–Trinajstić information content (AvgIpc) is 2.76. The molecule has 0 saturated carbocycles. The first-order valence-corrected chi connectivity index (χ1v) is 10.2. The van der Waals surface area contributed by atoms with Crippen LogP contribution < -0.4 is 4.74 Å². The quantitative estimate of drug-likeness (QED) is 0.310. The van der Waals surface area contributed by atoms with E-state index in [1.165, 1.54) is 18.2 Å². The molecular weight excluding hydrogens is 401 g/mol. The molecule has 0 heterocycles. The Morgan fingerprint density at radius 3 is 2.35 bits per heavy atom. The van der Waals surface area contributed by atoms with Gasteiger partial charge in [-0.2, -0.15) is 4.39 Å². The van der Waals surface area contributed by atoms with Gasteiger partial charge in [-0.1, -0.05) is 42.5 Å². The van der Waals surface area contributed by atoms with Crippen molar-refractivity contribution in [3.63, 3.8) is 0 Å². The third-order valence-corrected chi connectivity index (χ3v) is 5.13. The molecule has 0 fully saturated rings. The van der Waals surface area contributed by atoms with Crippen molar-refractivity contribution >= 4 is 0 Å². The van der Waals surface area contributed by atoms with Crippen molar-refractivity contribution in [2.75, 3.05) is 6.61 Å². The lowest BCUT2D eigenvalue weighted by atomic mass is 9.98. The van der Waals surface area contributed by atoms with Crippen LogP contribution in [0.4, 0.5) is 13.2 Å². The maximum absolute atomic E-state index is 14.5. The fourth-order valence-corrected chi connectivity index (χ4v) is 3.27. The van der Waals surface area contributed by atoms with Crippen molar-refractivity contribution in [3.8, 4) is 16.9 Å². The van der Waals surface area contributed by atoms with Crippen LogP contribution in [0.5, 0.6) is 5.75 Å². The lowest BCUT2D eigenvalue weighted by molar-refractivity contribution is 0.199. The second kappa shape index (κ2) is 10.3. The lowest BCUT2D eigenvalue weighted by Crippen LogP contribution is -2.01. The molecule has 1 atom stereocenters. The molecule has 0 spiro atoms. The van der Waals surface area contributed by atoms with Gasteiger partial charge in [-0.05, 0) is 66.6 Å². The van der Waals surface area contributed by atoms with Gasteiger partial charge < -0.3 is 9.84 Å². The van der Waals surface area contributed by atoms with Gasteiger partial charge in [0.2, 0.25) is 5.82 Å². The zero-order valence-corrected chi connectivity index (χ0v) is 17.4. The molecule has 0 aromatic heterocycles. The third kappa shape index (κ3) is 5.56. The molecule has 3 aromatic rings. The predicted molar refractivity (Wildman–Crippen MR) is 117 cm³/mol. The fourth-order valence-electron chi connectivity index (χ4n) is 3.27. The molecule has 0 radical (unpaired) electrons. The van der Waals surface area contributed by atoms with Crippen LogP contribution in [0.25, 0.3) is 11.1 Å². The molecule has 162 valence electrons. The number of aliphatic hydroxyl groups excluding tert-OH is 1. The van der Waals surface area contributed by atoms with Gasteiger partial charge in [-0.25, -0.2) is 8.78 Å². The number of aliphatic hydroxyl groups is 1. The number of halogens is 3. The lowest BCUT2D eigenvalue weighted by Gasteiger charge is -2.11. The van der Waals surface area contributed by atoms with E-state index in [-0.39, 0.29) is 23.7 Å². The number of benzene rings is 3. The van der Waals surface area contributed by atoms with Crippen molar-refractivity contribution in [2.24, 2.45) is 0 Å². The highest BCUT2D eigenvalue weighted by atomic mass is 19.2. The summed E-state index contributed by atoms with van der Waals surface area (Å²) in [7, 11) is 0. The Bertz CT molecular complexity index is 1040. The van der Waals surface area contributed by atoms with Gasteiger partial charge in [0.1, 0.15) is 5.82 Å². The van der Waals surface area contributed by atoms with Crippen molar-refractivity contribution in [1.82, 2.24) is 0 Å². The molecule has 0 amide bonds. The van der Waals surface area contributed by atoms with Crippen molar-refractivity contribution in [2.45, 2.75) is 32.3 Å². The fraction of sp³-hybridized carbons (Fsp3) is 0.231. The van der Waals surface area contributed by atoms with Crippen LogP contribution in [0.15, 0.2) is 67.3 Å². The van der Waals surface area contributed by atoms with Gasteiger partial charge in [-0.3, -0.25) is 0 Å². The van der Waals surface area contributed by atoms with Crippen LogP contribution in [0.3, 0.4) is 0 Å². The minimum absolute atomic E-state index is 0.122. The molecule has 5 heteroatoms. The second-order valence-corrected chi connectivity index (χ2v) is 7.39. The molecule has 0 saturated heterocycles. The molecule has 3 aromatic carbocycles. The minimum atomic E-state index is -1.01. The number of hydrogen-bond acceptors (Lipinski definition) is 2. The number of ether oxygens (including phenoxy) is 1. The van der Waals surface area contributed by atoms with Crippen LogP contribution in [0.2, 0.25) is 0 Å². The SMILES string of the molecule is C=CCCOc1ccc(-c2ccc(CCc3ccc(C(C)O)cc3F)cc2)c(F)c1F. The predicted octanol–water partition coefficient (Wildman–Crippen LogP) is 6.56. The summed E-state index contributed by atoms with van der Waals surface area (Å²) < 4.78 is 48.3. The zero-order valence-electron chi connectivity index (χ0n) is 17.4. The van der Waals surface area contributed by atoms with Gasteiger partial charge in [-0.15, -0.1) is 6.58 Å². The van der Waals surface area contributed by atoms with Crippen LogP contribution in [-0.4, -0.2) is 11.7 Å². The zero-order chi connectivity index (χ0) is 22.4. The Labute approximate surface area is 180 Å². The summed E-state index contributed by atoms with van der Waals surface area (Å²) >= 11 is 0. The van der Waals surface area contributed by atoms with Gasteiger partial charge in [0.25, 0.3) is 0 Å². The van der Waals surface area contributed by atoms with Crippen LogP contribution in [0, 0.1) is 17.5 Å². The van der Waals surface area contributed by atoms with E-state index in [1.54, 1.807) is 37.3 Å². The van der Waals surface area contributed by atoms with E-state index in [0.717, 1.165) is 5.56 Å². The van der Waals surface area contributed by atoms with E-state index < -0.39 is 17.7 Å². The first kappa shape index (κ1) is 22.6. The Morgan fingerprint density at radius 2 is 1.71 bits per heavy atom. The summed E-state index contributed by atoms with van der Waals surface area (Å²) in [6.07, 6.45) is 2.56. The molecule has 31 heavy (non-hydrogen) atoms. The van der Waals surface area contributed by atoms with Gasteiger partial charge in [0.15, 0.2) is 11.6 Å². The largest absolute Gasteiger partial charge is 0.490 e. The van der Waals surface area contributed by atoms with E-state index in [0.29, 0.717) is 36.0 Å². The summed E-state index contributed by atoms with van der Waals surface area (Å²) in [5.41, 5.74) is 2.75. The summed E-state index contributed by atoms with van der Waals surface area (Å²) in [6, 6.07) is 14.8. The Balaban J connectivity index is 1.69. The number of aryl methyl sites for hydroxylation is 2. The molecule has 2 nitrogen and oxygen atoms in total. The topological polar surface area (TPSA) is 29.5 Å². The molecule has 0 aliphatic carbocycles. The summed E-state index contributed by atoms with van der Waals surface area (Å²) in [6.45, 7) is 5.39. The van der Waals surface area contributed by atoms with E-state index in [1.807, 2.05) is 12.1 Å². The third-order valence-electron chi connectivity index (χ3n) is 5.13. The van der Waals surface area contributed by atoms with Crippen LogP contribution in [-0.2, 0) is 12.8 Å². The molecule has 0 aliphatic rings. The summed E-state index contributed by atoms with van der Waals surface area (Å²) in [5, 5.41) is 9.54. The minimum Gasteiger partial charge on any atom is -0.490 e. The Kier molecular flexibility index (Phi) is 7.53. The molecule has 0 bridgehead atoms. The van der Waals surface area contributed by atoms with Crippen LogP contribution >= 0.6 is 0 Å².